The predicted octanol–water partition coefficient (Wildman–Crippen LogP) is 5.22. The molecule has 1 atom stereocenters. The monoisotopic (exact) mass is 349 g/mol. The molecular weight excluding hydrogens is 330 g/mol. The Morgan fingerprint density at radius 1 is 0.778 bits per heavy atom. The minimum Gasteiger partial charge on any atom is -0.362 e. The van der Waals surface area contributed by atoms with Crippen LogP contribution >= 0.6 is 0 Å². The molecule has 0 saturated carbocycles. The number of nitrogens with zero attached hydrogens (tertiary/aromatic N) is 2. The van der Waals surface area contributed by atoms with Crippen molar-refractivity contribution >= 4 is 16.7 Å². The molecule has 3 aromatic carbocycles. The molecule has 0 radical (unpaired) electrons. The van der Waals surface area contributed by atoms with E-state index in [1.165, 1.54) is 5.56 Å². The fourth-order valence-corrected chi connectivity index (χ4v) is 3.00. The number of anilines is 1. The summed E-state index contributed by atoms with van der Waals surface area (Å²) in [6.07, 6.45) is 2.28. The van der Waals surface area contributed by atoms with Gasteiger partial charge in [-0.1, -0.05) is 72.5 Å². The van der Waals surface area contributed by atoms with E-state index in [2.05, 4.69) is 39.3 Å². The van der Waals surface area contributed by atoms with E-state index >= 15 is 0 Å². The third-order valence-corrected chi connectivity index (χ3v) is 4.37. The van der Waals surface area contributed by atoms with Gasteiger partial charge >= 0.3 is 0 Å². The van der Waals surface area contributed by atoms with E-state index in [0.29, 0.717) is 6.42 Å². The fraction of sp³-hybridized carbons (Fsp3) is 0.0833. The molecule has 4 rings (SSSR count). The summed E-state index contributed by atoms with van der Waals surface area (Å²) in [5, 5.41) is 4.58. The van der Waals surface area contributed by atoms with Gasteiger partial charge in [0.2, 0.25) is 0 Å². The number of rotatable bonds is 4. The normalized spacial score (nSPS) is 11.4. The van der Waals surface area contributed by atoms with Crippen LogP contribution in [0, 0.1) is 11.8 Å². The molecular formula is C24H19N3. The van der Waals surface area contributed by atoms with Crippen LogP contribution in [-0.2, 0) is 0 Å². The molecule has 1 unspecified atom stereocenters. The van der Waals surface area contributed by atoms with Crippen LogP contribution in [0.3, 0.4) is 0 Å². The lowest BCUT2D eigenvalue weighted by Crippen LogP contribution is -2.11. The van der Waals surface area contributed by atoms with Crippen LogP contribution in [0.15, 0.2) is 91.3 Å². The highest BCUT2D eigenvalue weighted by atomic mass is 15.0. The Kier molecular flexibility index (Phi) is 5.08. The molecule has 130 valence electrons. The molecule has 0 amide bonds. The number of para-hydroxylation sites is 1. The summed E-state index contributed by atoms with van der Waals surface area (Å²) in [5.74, 6) is 7.39. The average Bonchev–Trinajstić information content (AvgIpc) is 2.74. The second kappa shape index (κ2) is 8.16. The predicted molar refractivity (Wildman–Crippen MR) is 110 cm³/mol. The summed E-state index contributed by atoms with van der Waals surface area (Å²) in [6, 6.07) is 28.5. The number of fused-ring (bicyclic) bond motifs is 1. The molecule has 0 aliphatic carbocycles. The van der Waals surface area contributed by atoms with E-state index in [-0.39, 0.29) is 6.04 Å². The van der Waals surface area contributed by atoms with Crippen molar-refractivity contribution in [2.24, 2.45) is 0 Å². The molecule has 1 heterocycles. The molecule has 4 aromatic rings. The average molecular weight is 349 g/mol. The summed E-state index contributed by atoms with van der Waals surface area (Å²) in [7, 11) is 0. The first-order valence-corrected chi connectivity index (χ1v) is 8.95. The van der Waals surface area contributed by atoms with Crippen LogP contribution in [0.2, 0.25) is 0 Å². The zero-order valence-electron chi connectivity index (χ0n) is 14.8. The summed E-state index contributed by atoms with van der Waals surface area (Å²) >= 11 is 0. The van der Waals surface area contributed by atoms with E-state index < -0.39 is 0 Å². The molecule has 0 aliphatic heterocycles. The van der Waals surface area contributed by atoms with Crippen molar-refractivity contribution in [3.8, 4) is 11.8 Å². The first-order valence-electron chi connectivity index (χ1n) is 8.95. The van der Waals surface area contributed by atoms with Crippen LogP contribution < -0.4 is 5.32 Å². The second-order valence-electron chi connectivity index (χ2n) is 6.22. The fourth-order valence-electron chi connectivity index (χ4n) is 3.00. The van der Waals surface area contributed by atoms with Crippen LogP contribution in [0.1, 0.15) is 23.6 Å². The third-order valence-electron chi connectivity index (χ3n) is 4.37. The lowest BCUT2D eigenvalue weighted by atomic mass is 10.0. The van der Waals surface area contributed by atoms with Gasteiger partial charge in [-0.2, -0.15) is 0 Å². The van der Waals surface area contributed by atoms with Gasteiger partial charge in [0, 0.05) is 17.4 Å². The molecule has 0 aliphatic rings. The van der Waals surface area contributed by atoms with Crippen molar-refractivity contribution in [2.45, 2.75) is 12.5 Å². The lowest BCUT2D eigenvalue weighted by Gasteiger charge is -2.18. The number of benzene rings is 3. The molecule has 0 bridgehead atoms. The SMILES string of the molecule is C(#Cc1ccccc1)CC(Nc1ncnc2ccccc12)c1ccccc1. The van der Waals surface area contributed by atoms with Crippen molar-refractivity contribution in [3.05, 3.63) is 102 Å². The largest absolute Gasteiger partial charge is 0.362 e. The van der Waals surface area contributed by atoms with Crippen molar-refractivity contribution < 1.29 is 0 Å². The molecule has 0 spiro atoms. The van der Waals surface area contributed by atoms with Gasteiger partial charge in [-0.15, -0.1) is 0 Å². The van der Waals surface area contributed by atoms with E-state index in [9.17, 15) is 0 Å². The summed E-state index contributed by atoms with van der Waals surface area (Å²) in [4.78, 5) is 8.81. The van der Waals surface area contributed by atoms with Crippen LogP contribution in [0.5, 0.6) is 0 Å². The number of aromatic nitrogens is 2. The molecule has 27 heavy (non-hydrogen) atoms. The van der Waals surface area contributed by atoms with E-state index in [1.54, 1.807) is 6.33 Å². The van der Waals surface area contributed by atoms with E-state index in [0.717, 1.165) is 22.3 Å². The highest BCUT2D eigenvalue weighted by molar-refractivity contribution is 5.88. The quantitative estimate of drug-likeness (QED) is 0.513. The maximum Gasteiger partial charge on any atom is 0.137 e. The van der Waals surface area contributed by atoms with Crippen molar-refractivity contribution in [2.75, 3.05) is 5.32 Å². The summed E-state index contributed by atoms with van der Waals surface area (Å²) < 4.78 is 0. The van der Waals surface area contributed by atoms with Crippen LogP contribution in [0.4, 0.5) is 5.82 Å². The molecule has 3 nitrogen and oxygen atoms in total. The lowest BCUT2D eigenvalue weighted by molar-refractivity contribution is 0.807. The van der Waals surface area contributed by atoms with Gasteiger partial charge in [0.25, 0.3) is 0 Å². The van der Waals surface area contributed by atoms with Gasteiger partial charge in [0.15, 0.2) is 0 Å². The summed E-state index contributed by atoms with van der Waals surface area (Å²) in [5.41, 5.74) is 3.14. The molecule has 1 N–H and O–H groups in total. The van der Waals surface area contributed by atoms with Gasteiger partial charge in [0.1, 0.15) is 12.1 Å². The van der Waals surface area contributed by atoms with Crippen molar-refractivity contribution in [1.29, 1.82) is 0 Å². The smallest absolute Gasteiger partial charge is 0.137 e. The van der Waals surface area contributed by atoms with Gasteiger partial charge in [-0.25, -0.2) is 9.97 Å². The minimum atomic E-state index is 0.0423. The second-order valence-corrected chi connectivity index (χ2v) is 6.22. The Balaban J connectivity index is 1.63. The van der Waals surface area contributed by atoms with E-state index in [1.807, 2.05) is 72.8 Å². The van der Waals surface area contributed by atoms with Crippen molar-refractivity contribution in [3.63, 3.8) is 0 Å². The molecule has 3 heteroatoms. The number of hydrogen-bond acceptors (Lipinski definition) is 3. The Morgan fingerprint density at radius 3 is 2.30 bits per heavy atom. The topological polar surface area (TPSA) is 37.8 Å². The standard InChI is InChI=1S/C24H19N3/c1-3-10-19(11-4-1)12-9-17-22(20-13-5-2-6-14-20)27-24-21-15-7-8-16-23(21)25-18-26-24/h1-8,10-11,13-16,18,22H,17H2,(H,25,26,27). The van der Waals surface area contributed by atoms with Gasteiger partial charge in [-0.05, 0) is 29.8 Å². The zero-order chi connectivity index (χ0) is 18.3. The summed E-state index contributed by atoms with van der Waals surface area (Å²) in [6.45, 7) is 0. The first-order chi connectivity index (χ1) is 13.4. The minimum absolute atomic E-state index is 0.0423. The van der Waals surface area contributed by atoms with E-state index in [4.69, 9.17) is 0 Å². The molecule has 0 saturated heterocycles. The Morgan fingerprint density at radius 2 is 1.48 bits per heavy atom. The molecule has 0 fully saturated rings. The number of nitrogens with one attached hydrogen (secondary N) is 1. The van der Waals surface area contributed by atoms with Gasteiger partial charge in [0.05, 0.1) is 11.6 Å². The van der Waals surface area contributed by atoms with Crippen LogP contribution in [0.25, 0.3) is 10.9 Å². The van der Waals surface area contributed by atoms with Crippen LogP contribution in [-0.4, -0.2) is 9.97 Å². The van der Waals surface area contributed by atoms with Gasteiger partial charge < -0.3 is 5.32 Å². The Hall–Kier alpha value is -3.64. The molecule has 1 aromatic heterocycles. The highest BCUT2D eigenvalue weighted by Gasteiger charge is 2.12. The first kappa shape index (κ1) is 16.8. The third kappa shape index (κ3) is 4.13. The Bertz CT molecular complexity index is 1070. The van der Waals surface area contributed by atoms with Crippen molar-refractivity contribution in [1.82, 2.24) is 9.97 Å². The maximum atomic E-state index is 4.47. The zero-order valence-corrected chi connectivity index (χ0v) is 14.8. The maximum absolute atomic E-state index is 4.47. The number of hydrogen-bond donors (Lipinski definition) is 1. The van der Waals surface area contributed by atoms with Gasteiger partial charge in [-0.3, -0.25) is 0 Å². The highest BCUT2D eigenvalue weighted by Crippen LogP contribution is 2.25. The Labute approximate surface area is 159 Å².